The van der Waals surface area contributed by atoms with Gasteiger partial charge in [-0.05, 0) is 30.5 Å². The second-order valence-corrected chi connectivity index (χ2v) is 8.70. The second kappa shape index (κ2) is 9.16. The number of nitrogens with zero attached hydrogens (tertiary/aromatic N) is 3. The summed E-state index contributed by atoms with van der Waals surface area (Å²) in [5.74, 6) is 0.0668. The van der Waals surface area contributed by atoms with Gasteiger partial charge in [-0.2, -0.15) is 4.68 Å². The number of allylic oxidation sites excluding steroid dienone is 1. The van der Waals surface area contributed by atoms with Crippen LogP contribution < -0.4 is 25.8 Å². The second-order valence-electron chi connectivity index (χ2n) is 7.68. The van der Waals surface area contributed by atoms with Gasteiger partial charge in [0, 0.05) is 19.0 Å². The van der Waals surface area contributed by atoms with Gasteiger partial charge in [-0.1, -0.05) is 16.9 Å². The van der Waals surface area contributed by atoms with Gasteiger partial charge >= 0.3 is 5.97 Å². The van der Waals surface area contributed by atoms with E-state index in [4.69, 9.17) is 15.3 Å². The number of carboxylic acids is 1. The minimum absolute atomic E-state index is 0.168. The first-order valence-electron chi connectivity index (χ1n) is 10.0. The maximum absolute atomic E-state index is 11.6. The van der Waals surface area contributed by atoms with E-state index in [2.05, 4.69) is 25.2 Å². The summed E-state index contributed by atoms with van der Waals surface area (Å²) in [6, 6.07) is 5.75. The van der Waals surface area contributed by atoms with Crippen LogP contribution in [0.25, 0.3) is 10.9 Å². The first-order chi connectivity index (χ1) is 14.9. The lowest BCUT2D eigenvalue weighted by Crippen LogP contribution is -2.48. The molecule has 2 atom stereocenters. The van der Waals surface area contributed by atoms with Crippen molar-refractivity contribution >= 4 is 34.3 Å². The molecule has 3 heterocycles. The number of oxime groups is 1. The molecule has 0 saturated carbocycles. The Morgan fingerprint density at radius 1 is 1.48 bits per heavy atom. The van der Waals surface area contributed by atoms with Crippen molar-refractivity contribution in [3.63, 3.8) is 0 Å². The van der Waals surface area contributed by atoms with Gasteiger partial charge in [-0.15, -0.1) is 4.68 Å². The predicted molar refractivity (Wildman–Crippen MR) is 117 cm³/mol. The number of carboxylic acid groups (broad SMARTS) is 1. The van der Waals surface area contributed by atoms with Crippen LogP contribution in [0.1, 0.15) is 6.92 Å². The summed E-state index contributed by atoms with van der Waals surface area (Å²) in [4.78, 5) is 16.8. The molecule has 2 unspecified atom stereocenters. The van der Waals surface area contributed by atoms with Crippen molar-refractivity contribution in [2.75, 3.05) is 19.7 Å². The van der Waals surface area contributed by atoms with Crippen molar-refractivity contribution in [2.45, 2.75) is 25.1 Å². The average Bonchev–Trinajstić information content (AvgIpc) is 3.26. The average molecular weight is 448 g/mol. The molecular weight excluding hydrogens is 420 g/mol. The Hall–Kier alpha value is -2.76. The Morgan fingerprint density at radius 3 is 2.94 bits per heavy atom. The van der Waals surface area contributed by atoms with Crippen molar-refractivity contribution in [2.24, 2.45) is 23.9 Å². The molecule has 11 heteroatoms. The third-order valence-corrected chi connectivity index (χ3v) is 6.08. The minimum Gasteiger partial charge on any atom is -0.489 e. The highest BCUT2D eigenvalue weighted by Gasteiger charge is 2.24. The minimum atomic E-state index is -1.24. The van der Waals surface area contributed by atoms with E-state index < -0.39 is 12.1 Å². The van der Waals surface area contributed by atoms with Gasteiger partial charge in [0.05, 0.1) is 17.6 Å². The summed E-state index contributed by atoms with van der Waals surface area (Å²) in [7, 11) is 2.02. The Morgan fingerprint density at radius 2 is 2.29 bits per heavy atom. The Kier molecular flexibility index (Phi) is 6.35. The van der Waals surface area contributed by atoms with Gasteiger partial charge in [0.15, 0.2) is 7.05 Å². The Bertz CT molecular complexity index is 1030. The van der Waals surface area contributed by atoms with Crippen molar-refractivity contribution < 1.29 is 24.2 Å². The number of fused-ring (bicyclic) bond motifs is 1. The lowest BCUT2D eigenvalue weighted by atomic mass is 10.0. The normalized spacial score (nSPS) is 20.2. The van der Waals surface area contributed by atoms with Crippen LogP contribution >= 0.6 is 11.8 Å². The van der Waals surface area contributed by atoms with Crippen LogP contribution in [0.2, 0.25) is 0 Å². The highest BCUT2D eigenvalue weighted by molar-refractivity contribution is 8.02. The lowest BCUT2D eigenvalue weighted by Gasteiger charge is -2.26. The maximum Gasteiger partial charge on any atom is 0.351 e. The van der Waals surface area contributed by atoms with Crippen LogP contribution in [0.3, 0.4) is 0 Å². The SMILES string of the molecule is C/C(=N\OC(COc1ccc2c(c1)c[n+](C)n2CC1CNC1)C(=O)O)C1=CSC(N)N1. The summed E-state index contributed by atoms with van der Waals surface area (Å²) < 4.78 is 10.0. The summed E-state index contributed by atoms with van der Waals surface area (Å²) in [6.45, 7) is 4.58. The number of aromatic nitrogens is 2. The van der Waals surface area contributed by atoms with Crippen LogP contribution in [-0.2, 0) is 23.2 Å². The van der Waals surface area contributed by atoms with Crippen molar-refractivity contribution in [1.29, 1.82) is 0 Å². The van der Waals surface area contributed by atoms with Gasteiger partial charge in [0.2, 0.25) is 6.20 Å². The lowest BCUT2D eigenvalue weighted by molar-refractivity contribution is -0.751. The largest absolute Gasteiger partial charge is 0.489 e. The maximum atomic E-state index is 11.6. The van der Waals surface area contributed by atoms with E-state index in [0.29, 0.717) is 23.1 Å². The molecular formula is C20H27N6O4S+. The fourth-order valence-corrected chi connectivity index (χ4v) is 4.13. The molecule has 0 aliphatic carbocycles. The van der Waals surface area contributed by atoms with Crippen molar-refractivity contribution in [1.82, 2.24) is 15.3 Å². The van der Waals surface area contributed by atoms with Crippen molar-refractivity contribution in [3.8, 4) is 5.75 Å². The number of hydrogen-bond donors (Lipinski definition) is 4. The molecule has 2 aliphatic rings. The summed E-state index contributed by atoms with van der Waals surface area (Å²) in [5.41, 5.74) is 7.85. The molecule has 31 heavy (non-hydrogen) atoms. The fraction of sp³-hybridized carbons (Fsp3) is 0.450. The van der Waals surface area contributed by atoms with Crippen molar-refractivity contribution in [3.05, 3.63) is 35.5 Å². The number of nitrogens with one attached hydrogen (secondary N) is 2. The van der Waals surface area contributed by atoms with Crippen LogP contribution in [0.4, 0.5) is 0 Å². The van der Waals surface area contributed by atoms with E-state index in [1.165, 1.54) is 11.8 Å². The van der Waals surface area contributed by atoms with Crippen LogP contribution in [-0.4, -0.2) is 52.8 Å². The molecule has 1 aromatic carbocycles. The molecule has 0 amide bonds. The van der Waals surface area contributed by atoms with E-state index in [1.807, 2.05) is 36.9 Å². The zero-order valence-electron chi connectivity index (χ0n) is 17.4. The zero-order valence-corrected chi connectivity index (χ0v) is 18.3. The van der Waals surface area contributed by atoms with E-state index in [9.17, 15) is 9.90 Å². The predicted octanol–water partition coefficient (Wildman–Crippen LogP) is 0.330. The smallest absolute Gasteiger partial charge is 0.351 e. The number of carbonyl (C=O) groups is 1. The molecule has 2 aliphatic heterocycles. The molecule has 1 aromatic heterocycles. The monoisotopic (exact) mass is 447 g/mol. The van der Waals surface area contributed by atoms with E-state index in [-0.39, 0.29) is 12.1 Å². The van der Waals surface area contributed by atoms with E-state index >= 15 is 0 Å². The van der Waals surface area contributed by atoms with Crippen LogP contribution in [0.15, 0.2) is 40.7 Å². The van der Waals surface area contributed by atoms with E-state index in [0.717, 1.165) is 30.5 Å². The number of benzene rings is 1. The number of hydrogen-bond acceptors (Lipinski definition) is 8. The number of aliphatic carboxylic acids is 1. The zero-order chi connectivity index (χ0) is 22.0. The summed E-state index contributed by atoms with van der Waals surface area (Å²) >= 11 is 1.41. The molecule has 0 spiro atoms. The molecule has 10 nitrogen and oxygen atoms in total. The Labute approximate surface area is 184 Å². The molecule has 0 radical (unpaired) electrons. The molecule has 166 valence electrons. The van der Waals surface area contributed by atoms with E-state index in [1.54, 1.807) is 6.92 Å². The van der Waals surface area contributed by atoms with Gasteiger partial charge in [-0.25, -0.2) is 4.79 Å². The van der Waals surface area contributed by atoms with Crippen LogP contribution in [0.5, 0.6) is 5.75 Å². The number of rotatable bonds is 9. The molecule has 2 aromatic rings. The van der Waals surface area contributed by atoms with Crippen LogP contribution in [0, 0.1) is 5.92 Å². The highest BCUT2D eigenvalue weighted by Crippen LogP contribution is 2.22. The number of aryl methyl sites for hydroxylation is 1. The molecule has 1 saturated heterocycles. The summed E-state index contributed by atoms with van der Waals surface area (Å²) in [6.07, 6.45) is 0.804. The van der Waals surface area contributed by atoms with Gasteiger partial charge in [0.25, 0.3) is 6.10 Å². The first kappa shape index (κ1) is 21.5. The van der Waals surface area contributed by atoms with Gasteiger partial charge in [-0.3, -0.25) is 0 Å². The Balaban J connectivity index is 1.39. The molecule has 1 fully saturated rings. The number of ether oxygens (including phenoxy) is 1. The molecule has 5 N–H and O–H groups in total. The molecule has 0 bridgehead atoms. The van der Waals surface area contributed by atoms with Gasteiger partial charge in [0.1, 0.15) is 29.1 Å². The quantitative estimate of drug-likeness (QED) is 0.246. The highest BCUT2D eigenvalue weighted by atomic mass is 32.2. The number of thioether (sulfide) groups is 1. The fourth-order valence-electron chi connectivity index (χ4n) is 3.41. The number of nitrogens with two attached hydrogens (primary N) is 1. The van der Waals surface area contributed by atoms with Gasteiger partial charge < -0.3 is 31.0 Å². The third kappa shape index (κ3) is 4.94. The standard InChI is InChI=1S/C20H26N6O4S/c1-12(16-11-31-20(21)23-16)24-30-18(19(27)28)10-29-15-3-4-17-14(5-15)9-25(2)26(17)8-13-6-22-7-13/h3-5,9,11,13,18,20,22-23H,6-8,10,21H2,1-2H3/p+1/b24-12+. The first-order valence-corrected chi connectivity index (χ1v) is 11.0. The topological polar surface area (TPSA) is 127 Å². The molecule has 4 rings (SSSR count). The third-order valence-electron chi connectivity index (χ3n) is 5.29. The summed E-state index contributed by atoms with van der Waals surface area (Å²) in [5, 5.41) is 22.5.